The first-order valence-corrected chi connectivity index (χ1v) is 10.2. The van der Waals surface area contributed by atoms with Crippen LogP contribution in [0.3, 0.4) is 0 Å². The van der Waals surface area contributed by atoms with E-state index < -0.39 is 0 Å². The van der Waals surface area contributed by atoms with Gasteiger partial charge in [0.1, 0.15) is 5.76 Å². The number of benzene rings is 1. The van der Waals surface area contributed by atoms with E-state index in [2.05, 4.69) is 60.7 Å². The van der Waals surface area contributed by atoms with Crippen molar-refractivity contribution in [2.24, 2.45) is 23.0 Å². The Morgan fingerprint density at radius 2 is 1.96 bits per heavy atom. The highest BCUT2D eigenvalue weighted by atomic mass is 127. The van der Waals surface area contributed by atoms with Gasteiger partial charge in [0.15, 0.2) is 0 Å². The minimum Gasteiger partial charge on any atom is -0.494 e. The number of hydrogen-bond donors (Lipinski definition) is 1. The van der Waals surface area contributed by atoms with E-state index in [0.717, 1.165) is 17.8 Å². The predicted molar refractivity (Wildman–Crippen MR) is 105 cm³/mol. The molecule has 0 saturated heterocycles. The molecular formula is C21H22INO2. The quantitative estimate of drug-likeness (QED) is 0.693. The number of amides is 1. The molecule has 4 aliphatic carbocycles. The lowest BCUT2D eigenvalue weighted by Crippen LogP contribution is -2.33. The predicted octanol–water partition coefficient (Wildman–Crippen LogP) is 4.06. The van der Waals surface area contributed by atoms with Crippen molar-refractivity contribution in [1.29, 1.82) is 0 Å². The molecule has 2 N–H and O–H groups in total. The number of ether oxygens (including phenoxy) is 1. The molecule has 4 aliphatic rings. The van der Waals surface area contributed by atoms with Gasteiger partial charge in [-0.05, 0) is 96.9 Å². The Labute approximate surface area is 161 Å². The molecule has 3 saturated carbocycles. The summed E-state index contributed by atoms with van der Waals surface area (Å²) in [5, 5.41) is 0. The first kappa shape index (κ1) is 15.9. The van der Waals surface area contributed by atoms with Crippen LogP contribution in [0, 0.1) is 20.8 Å². The third kappa shape index (κ3) is 1.74. The van der Waals surface area contributed by atoms with Crippen LogP contribution in [0.5, 0.6) is 0 Å². The standard InChI is InChI=1S/C21H22INO2/c1-11(2)25-18-9-15(19(23)24)16-10-17-20(16,12-3-4-12)21(17,18)13-5-7-14(22)8-6-13/h5-9,11-12,17H,3-4,10H2,1-2H3,(H2,23,24). The number of fused-ring (bicyclic) bond motifs is 1. The average molecular weight is 447 g/mol. The van der Waals surface area contributed by atoms with E-state index in [9.17, 15) is 4.79 Å². The molecule has 3 unspecified atom stereocenters. The van der Waals surface area contributed by atoms with Crippen LogP contribution >= 0.6 is 22.6 Å². The first-order chi connectivity index (χ1) is 11.9. The number of halogens is 1. The fraction of sp³-hybridized carbons (Fsp3) is 0.476. The van der Waals surface area contributed by atoms with Gasteiger partial charge in [0, 0.05) is 14.6 Å². The molecule has 0 radical (unpaired) electrons. The number of carbonyl (C=O) groups is 1. The zero-order valence-corrected chi connectivity index (χ0v) is 16.7. The molecule has 0 aliphatic heterocycles. The van der Waals surface area contributed by atoms with Gasteiger partial charge in [0.25, 0.3) is 0 Å². The van der Waals surface area contributed by atoms with Gasteiger partial charge in [-0.2, -0.15) is 0 Å². The van der Waals surface area contributed by atoms with Crippen LogP contribution in [0.1, 0.15) is 38.7 Å². The van der Waals surface area contributed by atoms with Gasteiger partial charge in [-0.15, -0.1) is 0 Å². The lowest BCUT2D eigenvalue weighted by Gasteiger charge is -2.37. The lowest BCUT2D eigenvalue weighted by molar-refractivity contribution is -0.114. The number of allylic oxidation sites excluding steroid dienone is 2. The topological polar surface area (TPSA) is 52.3 Å². The van der Waals surface area contributed by atoms with Crippen molar-refractivity contribution in [3.63, 3.8) is 0 Å². The van der Waals surface area contributed by atoms with Crippen molar-refractivity contribution in [3.8, 4) is 0 Å². The van der Waals surface area contributed by atoms with Gasteiger partial charge in [0.05, 0.1) is 11.5 Å². The molecule has 1 aromatic carbocycles. The molecule has 1 amide bonds. The van der Waals surface area contributed by atoms with Crippen LogP contribution in [0.25, 0.3) is 0 Å². The maximum atomic E-state index is 12.1. The molecule has 0 spiro atoms. The maximum absolute atomic E-state index is 12.1. The van der Waals surface area contributed by atoms with Gasteiger partial charge < -0.3 is 10.5 Å². The highest BCUT2D eigenvalue weighted by Gasteiger charge is 2.90. The fourth-order valence-corrected chi connectivity index (χ4v) is 6.27. The van der Waals surface area contributed by atoms with E-state index in [1.54, 1.807) is 0 Å². The number of hydrogen-bond acceptors (Lipinski definition) is 2. The van der Waals surface area contributed by atoms with Crippen LogP contribution in [-0.4, -0.2) is 12.0 Å². The van der Waals surface area contributed by atoms with Crippen LogP contribution in [0.15, 0.2) is 47.2 Å². The second kappa shape index (κ2) is 4.90. The summed E-state index contributed by atoms with van der Waals surface area (Å²) in [7, 11) is 0. The highest BCUT2D eigenvalue weighted by Crippen LogP contribution is 2.92. The van der Waals surface area contributed by atoms with Crippen molar-refractivity contribution in [2.75, 3.05) is 0 Å². The molecular weight excluding hydrogens is 425 g/mol. The third-order valence-corrected chi connectivity index (χ3v) is 7.41. The van der Waals surface area contributed by atoms with Crippen LogP contribution in [-0.2, 0) is 14.9 Å². The monoisotopic (exact) mass is 447 g/mol. The molecule has 0 bridgehead atoms. The molecule has 0 aromatic heterocycles. The van der Waals surface area contributed by atoms with E-state index in [4.69, 9.17) is 10.5 Å². The van der Waals surface area contributed by atoms with Gasteiger partial charge in [0.2, 0.25) is 5.91 Å². The molecule has 0 heterocycles. The smallest absolute Gasteiger partial charge is 0.248 e. The summed E-state index contributed by atoms with van der Waals surface area (Å²) in [4.78, 5) is 12.1. The number of rotatable bonds is 5. The van der Waals surface area contributed by atoms with E-state index in [0.29, 0.717) is 11.8 Å². The van der Waals surface area contributed by atoms with Crippen molar-refractivity contribution in [2.45, 2.75) is 44.6 Å². The Morgan fingerprint density at radius 3 is 2.52 bits per heavy atom. The molecule has 3 fully saturated rings. The van der Waals surface area contributed by atoms with Gasteiger partial charge in [-0.25, -0.2) is 0 Å². The molecule has 5 rings (SSSR count). The van der Waals surface area contributed by atoms with E-state index in [1.165, 1.54) is 27.5 Å². The summed E-state index contributed by atoms with van der Waals surface area (Å²) < 4.78 is 7.57. The Bertz CT molecular complexity index is 849. The van der Waals surface area contributed by atoms with Crippen molar-refractivity contribution >= 4 is 28.5 Å². The van der Waals surface area contributed by atoms with Gasteiger partial charge in [-0.3, -0.25) is 4.79 Å². The molecule has 3 nitrogen and oxygen atoms in total. The Balaban J connectivity index is 1.73. The highest BCUT2D eigenvalue weighted by molar-refractivity contribution is 14.1. The van der Waals surface area contributed by atoms with Crippen molar-refractivity contribution in [1.82, 2.24) is 0 Å². The van der Waals surface area contributed by atoms with Crippen LogP contribution in [0.4, 0.5) is 0 Å². The maximum Gasteiger partial charge on any atom is 0.248 e. The first-order valence-electron chi connectivity index (χ1n) is 9.12. The SMILES string of the molecule is CC(C)OC1=CC(C(N)=O)=C2CC3C1(c1ccc(I)cc1)C23C1CC1. The Hall–Kier alpha value is -1.30. The number of primary amides is 1. The summed E-state index contributed by atoms with van der Waals surface area (Å²) in [6.07, 6.45) is 5.55. The number of carbonyl (C=O) groups excluding carboxylic acids is 1. The van der Waals surface area contributed by atoms with Gasteiger partial charge >= 0.3 is 0 Å². The largest absolute Gasteiger partial charge is 0.494 e. The van der Waals surface area contributed by atoms with Crippen molar-refractivity contribution < 1.29 is 9.53 Å². The van der Waals surface area contributed by atoms with Crippen LogP contribution in [0.2, 0.25) is 0 Å². The van der Waals surface area contributed by atoms with Crippen LogP contribution < -0.4 is 5.73 Å². The fourth-order valence-electron chi connectivity index (χ4n) is 5.91. The van der Waals surface area contributed by atoms with E-state index >= 15 is 0 Å². The summed E-state index contributed by atoms with van der Waals surface area (Å²) >= 11 is 2.35. The lowest BCUT2D eigenvalue weighted by atomic mass is 9.68. The second-order valence-corrected chi connectivity index (χ2v) is 9.39. The van der Waals surface area contributed by atoms with Crippen molar-refractivity contribution in [3.05, 3.63) is 56.4 Å². The minimum atomic E-state index is -0.304. The second-order valence-electron chi connectivity index (χ2n) is 8.15. The summed E-state index contributed by atoms with van der Waals surface area (Å²) in [6.45, 7) is 4.11. The minimum absolute atomic E-state index is 0.0724. The summed E-state index contributed by atoms with van der Waals surface area (Å²) in [5.74, 6) is 1.90. The summed E-state index contributed by atoms with van der Waals surface area (Å²) in [6, 6.07) is 8.88. The van der Waals surface area contributed by atoms with Gasteiger partial charge in [-0.1, -0.05) is 12.1 Å². The normalized spacial score (nSPS) is 35.0. The average Bonchev–Trinajstić information content (AvgIpc) is 3.41. The Kier molecular flexibility index (Phi) is 3.12. The van der Waals surface area contributed by atoms with E-state index in [1.807, 2.05) is 6.08 Å². The Morgan fingerprint density at radius 1 is 1.28 bits per heavy atom. The zero-order valence-electron chi connectivity index (χ0n) is 14.5. The molecule has 4 heteroatoms. The third-order valence-electron chi connectivity index (χ3n) is 6.69. The molecule has 3 atom stereocenters. The molecule has 1 aromatic rings. The zero-order chi connectivity index (χ0) is 17.6. The van der Waals surface area contributed by atoms with E-state index in [-0.39, 0.29) is 22.8 Å². The molecule has 130 valence electrons. The number of nitrogens with two attached hydrogens (primary N) is 1. The summed E-state index contributed by atoms with van der Waals surface area (Å²) in [5.41, 5.74) is 9.14. The molecule has 25 heavy (non-hydrogen) atoms.